The van der Waals surface area contributed by atoms with Gasteiger partial charge in [0.25, 0.3) is 5.91 Å². The number of rotatable bonds is 4. The van der Waals surface area contributed by atoms with Gasteiger partial charge >= 0.3 is 0 Å². The Morgan fingerprint density at radius 1 is 1.17 bits per heavy atom. The first-order valence-electron chi connectivity index (χ1n) is 7.86. The van der Waals surface area contributed by atoms with E-state index in [1.54, 1.807) is 18.3 Å². The van der Waals surface area contributed by atoms with Crippen LogP contribution in [0.4, 0.5) is 16.0 Å². The minimum atomic E-state index is -0.505. The number of pyridine rings is 1. The number of carbonyl (C=O) groups excluding carboxylic acids is 1. The van der Waals surface area contributed by atoms with Crippen molar-refractivity contribution in [3.63, 3.8) is 0 Å². The molecule has 0 unspecified atom stereocenters. The van der Waals surface area contributed by atoms with Crippen LogP contribution in [-0.4, -0.2) is 47.0 Å². The van der Waals surface area contributed by atoms with Crippen molar-refractivity contribution in [2.75, 3.05) is 36.0 Å². The summed E-state index contributed by atoms with van der Waals surface area (Å²) in [6.45, 7) is 4.21. The van der Waals surface area contributed by atoms with E-state index in [2.05, 4.69) is 15.0 Å². The summed E-state index contributed by atoms with van der Waals surface area (Å²) in [5, 5.41) is 0. The third-order valence-corrected chi connectivity index (χ3v) is 4.11. The predicted octanol–water partition coefficient (Wildman–Crippen LogP) is 0.999. The first-order valence-corrected chi connectivity index (χ1v) is 7.86. The summed E-state index contributed by atoms with van der Waals surface area (Å²) in [5.41, 5.74) is 6.22. The Kier molecular flexibility index (Phi) is 4.54. The number of carbonyl (C=O) groups is 1. The zero-order valence-electron chi connectivity index (χ0n) is 13.4. The summed E-state index contributed by atoms with van der Waals surface area (Å²) in [6.07, 6.45) is 3.55. The smallest absolute Gasteiger partial charge is 0.252 e. The van der Waals surface area contributed by atoms with Crippen molar-refractivity contribution >= 4 is 17.5 Å². The average molecular weight is 330 g/mol. The van der Waals surface area contributed by atoms with E-state index in [4.69, 9.17) is 5.73 Å². The van der Waals surface area contributed by atoms with Crippen molar-refractivity contribution in [3.8, 4) is 0 Å². The van der Waals surface area contributed by atoms with Crippen LogP contribution in [0.5, 0.6) is 0 Å². The van der Waals surface area contributed by atoms with Gasteiger partial charge < -0.3 is 15.5 Å². The molecule has 1 saturated heterocycles. The summed E-state index contributed by atoms with van der Waals surface area (Å²) >= 11 is 0. The van der Waals surface area contributed by atoms with Gasteiger partial charge in [0, 0.05) is 32.4 Å². The van der Waals surface area contributed by atoms with E-state index in [1.165, 1.54) is 6.33 Å². The number of amides is 1. The zero-order valence-corrected chi connectivity index (χ0v) is 13.4. The maximum Gasteiger partial charge on any atom is 0.252 e. The van der Waals surface area contributed by atoms with Crippen LogP contribution < -0.4 is 15.5 Å². The summed E-state index contributed by atoms with van der Waals surface area (Å²) in [4.78, 5) is 27.7. The van der Waals surface area contributed by atoms with Crippen molar-refractivity contribution < 1.29 is 9.18 Å². The van der Waals surface area contributed by atoms with Gasteiger partial charge in [0.15, 0.2) is 11.6 Å². The van der Waals surface area contributed by atoms with Gasteiger partial charge in [-0.3, -0.25) is 4.79 Å². The molecule has 3 rings (SSSR count). The van der Waals surface area contributed by atoms with E-state index < -0.39 is 5.91 Å². The third kappa shape index (κ3) is 2.99. The van der Waals surface area contributed by atoms with Gasteiger partial charge in [0.05, 0.1) is 11.3 Å². The molecule has 0 bridgehead atoms. The van der Waals surface area contributed by atoms with Crippen LogP contribution in [0.15, 0.2) is 24.7 Å². The summed E-state index contributed by atoms with van der Waals surface area (Å²) in [5.74, 6) is 0.0405. The highest BCUT2D eigenvalue weighted by Gasteiger charge is 2.24. The molecule has 0 saturated carbocycles. The lowest BCUT2D eigenvalue weighted by atomic mass is 10.2. The lowest BCUT2D eigenvalue weighted by molar-refractivity contribution is 0.100. The Balaban J connectivity index is 1.76. The van der Waals surface area contributed by atoms with Gasteiger partial charge in [-0.05, 0) is 18.6 Å². The van der Waals surface area contributed by atoms with Crippen LogP contribution in [0.3, 0.4) is 0 Å². The third-order valence-electron chi connectivity index (χ3n) is 4.11. The monoisotopic (exact) mass is 330 g/mol. The molecule has 2 aromatic rings. The Bertz CT molecular complexity index is 745. The highest BCUT2D eigenvalue weighted by molar-refractivity contribution is 5.97. The number of anilines is 2. The Morgan fingerprint density at radius 3 is 2.46 bits per heavy atom. The Labute approximate surface area is 139 Å². The first-order chi connectivity index (χ1) is 11.6. The number of aromatic nitrogens is 3. The molecule has 8 heteroatoms. The number of primary amides is 1. The predicted molar refractivity (Wildman–Crippen MR) is 88.5 cm³/mol. The molecule has 7 nitrogen and oxygen atoms in total. The van der Waals surface area contributed by atoms with E-state index >= 15 is 0 Å². The molecule has 2 N–H and O–H groups in total. The van der Waals surface area contributed by atoms with Crippen LogP contribution in [0.25, 0.3) is 0 Å². The normalized spacial score (nSPS) is 14.8. The van der Waals surface area contributed by atoms with Gasteiger partial charge in [-0.15, -0.1) is 0 Å². The zero-order chi connectivity index (χ0) is 17.1. The Morgan fingerprint density at radius 2 is 1.83 bits per heavy atom. The fourth-order valence-electron chi connectivity index (χ4n) is 2.83. The largest absolute Gasteiger partial charge is 0.365 e. The Hall–Kier alpha value is -2.77. The second kappa shape index (κ2) is 6.77. The highest BCUT2D eigenvalue weighted by Crippen LogP contribution is 2.23. The van der Waals surface area contributed by atoms with Crippen LogP contribution in [0.2, 0.25) is 0 Å². The molecule has 1 fully saturated rings. The van der Waals surface area contributed by atoms with Gasteiger partial charge in [-0.1, -0.05) is 6.92 Å². The number of hydrogen-bond acceptors (Lipinski definition) is 6. The van der Waals surface area contributed by atoms with Crippen molar-refractivity contribution in [3.05, 3.63) is 41.7 Å². The lowest BCUT2D eigenvalue weighted by Crippen LogP contribution is -2.48. The molecule has 1 amide bonds. The number of nitrogens with two attached hydrogens (primary N) is 1. The SMILES string of the molecule is CCc1ncnc(N2CCN(c3ncccc3C(N)=O)CC2)c1F. The lowest BCUT2D eigenvalue weighted by Gasteiger charge is -2.36. The van der Waals surface area contributed by atoms with Crippen LogP contribution in [0.1, 0.15) is 23.0 Å². The maximum atomic E-state index is 14.4. The van der Waals surface area contributed by atoms with Gasteiger partial charge in [-0.25, -0.2) is 19.3 Å². The second-order valence-electron chi connectivity index (χ2n) is 5.52. The fraction of sp³-hybridized carbons (Fsp3) is 0.375. The first kappa shape index (κ1) is 16.1. The summed E-state index contributed by atoms with van der Waals surface area (Å²) < 4.78 is 14.4. The van der Waals surface area contributed by atoms with Gasteiger partial charge in [0.2, 0.25) is 0 Å². The molecule has 0 aromatic carbocycles. The standard InChI is InChI=1S/C16H19FN6O/c1-2-12-13(17)16(21-10-20-12)23-8-6-22(7-9-23)15-11(14(18)24)4-3-5-19-15/h3-5,10H,2,6-9H2,1H3,(H2,18,24). The molecule has 0 radical (unpaired) electrons. The van der Waals surface area contributed by atoms with E-state index in [9.17, 15) is 9.18 Å². The molecule has 1 aliphatic heterocycles. The molecule has 126 valence electrons. The molecular formula is C16H19FN6O. The van der Waals surface area contributed by atoms with E-state index in [1.807, 2.05) is 16.7 Å². The van der Waals surface area contributed by atoms with Crippen molar-refractivity contribution in [1.82, 2.24) is 15.0 Å². The number of nitrogens with zero attached hydrogens (tertiary/aromatic N) is 5. The number of halogens is 1. The highest BCUT2D eigenvalue weighted by atomic mass is 19.1. The quantitative estimate of drug-likeness (QED) is 0.900. The van der Waals surface area contributed by atoms with Crippen LogP contribution in [-0.2, 0) is 6.42 Å². The number of hydrogen-bond donors (Lipinski definition) is 1. The molecule has 24 heavy (non-hydrogen) atoms. The minimum Gasteiger partial charge on any atom is -0.365 e. The van der Waals surface area contributed by atoms with Gasteiger partial charge in [0.1, 0.15) is 12.1 Å². The molecule has 0 atom stereocenters. The van der Waals surface area contributed by atoms with E-state index in [0.29, 0.717) is 55.5 Å². The van der Waals surface area contributed by atoms with Crippen molar-refractivity contribution in [2.45, 2.75) is 13.3 Å². The number of aryl methyl sites for hydroxylation is 1. The van der Waals surface area contributed by atoms with Gasteiger partial charge in [-0.2, -0.15) is 0 Å². The maximum absolute atomic E-state index is 14.4. The van der Waals surface area contributed by atoms with Crippen molar-refractivity contribution in [2.24, 2.45) is 5.73 Å². The van der Waals surface area contributed by atoms with E-state index in [0.717, 1.165) is 0 Å². The average Bonchev–Trinajstić information content (AvgIpc) is 2.62. The number of piperazine rings is 1. The molecule has 3 heterocycles. The molecular weight excluding hydrogens is 311 g/mol. The summed E-state index contributed by atoms with van der Waals surface area (Å²) in [6, 6.07) is 3.34. The molecule has 1 aliphatic rings. The second-order valence-corrected chi connectivity index (χ2v) is 5.52. The minimum absolute atomic E-state index is 0.331. The molecule has 0 spiro atoms. The molecule has 0 aliphatic carbocycles. The fourth-order valence-corrected chi connectivity index (χ4v) is 2.83. The molecule has 2 aromatic heterocycles. The van der Waals surface area contributed by atoms with E-state index in [-0.39, 0.29) is 5.82 Å². The van der Waals surface area contributed by atoms with Crippen LogP contribution >= 0.6 is 0 Å². The van der Waals surface area contributed by atoms with Crippen molar-refractivity contribution in [1.29, 1.82) is 0 Å². The van der Waals surface area contributed by atoms with Crippen LogP contribution in [0, 0.1) is 5.82 Å². The topological polar surface area (TPSA) is 88.2 Å². The summed E-state index contributed by atoms with van der Waals surface area (Å²) in [7, 11) is 0.